The maximum Gasteiger partial charge on any atom is 0.323 e. The third-order valence-corrected chi connectivity index (χ3v) is 3.19. The first-order chi connectivity index (χ1) is 11.4. The predicted molar refractivity (Wildman–Crippen MR) is 81.9 cm³/mol. The molecule has 0 fully saturated rings. The molecule has 0 aliphatic carbocycles. The van der Waals surface area contributed by atoms with Crippen LogP contribution >= 0.6 is 0 Å². The molecule has 9 heteroatoms. The molecule has 0 radical (unpaired) electrons. The lowest BCUT2D eigenvalue weighted by atomic mass is 10.3. The van der Waals surface area contributed by atoms with Crippen molar-refractivity contribution < 1.29 is 23.1 Å². The van der Waals surface area contributed by atoms with Crippen molar-refractivity contribution in [2.45, 2.75) is 13.3 Å². The highest BCUT2D eigenvalue weighted by Gasteiger charge is 2.19. The number of halogens is 3. The van der Waals surface area contributed by atoms with E-state index in [1.165, 1.54) is 28.9 Å². The lowest BCUT2D eigenvalue weighted by molar-refractivity contribution is 0.0942. The van der Waals surface area contributed by atoms with Gasteiger partial charge in [0.2, 0.25) is 0 Å². The Kier molecular flexibility index (Phi) is 5.80. The van der Waals surface area contributed by atoms with E-state index >= 15 is 0 Å². The Bertz CT molecular complexity index is 706. The summed E-state index contributed by atoms with van der Waals surface area (Å²) in [6.07, 6.45) is -2.71. The Balaban J connectivity index is 2.15. The van der Waals surface area contributed by atoms with E-state index in [2.05, 4.69) is 10.4 Å². The van der Waals surface area contributed by atoms with E-state index < -0.39 is 31.4 Å². The number of nitrogens with zero attached hydrogens (tertiary/aromatic N) is 3. The van der Waals surface area contributed by atoms with Crippen molar-refractivity contribution in [1.29, 1.82) is 0 Å². The Morgan fingerprint density at radius 2 is 2.17 bits per heavy atom. The molecule has 0 saturated carbocycles. The molecule has 1 heterocycles. The normalized spacial score (nSPS) is 10.9. The summed E-state index contributed by atoms with van der Waals surface area (Å²) in [6.45, 7) is 0.255. The van der Waals surface area contributed by atoms with Gasteiger partial charge in [-0.2, -0.15) is 0 Å². The Hall–Kier alpha value is -2.55. The molecule has 2 amide bonds. The molecule has 0 unspecified atom stereocenters. The van der Waals surface area contributed by atoms with E-state index in [4.69, 9.17) is 5.11 Å². The van der Waals surface area contributed by atoms with Crippen molar-refractivity contribution in [3.05, 3.63) is 41.8 Å². The quantitative estimate of drug-likeness (QED) is 0.847. The van der Waals surface area contributed by atoms with Crippen molar-refractivity contribution in [3.8, 4) is 5.69 Å². The number of rotatable bonds is 6. The van der Waals surface area contributed by atoms with Gasteiger partial charge in [-0.1, -0.05) is 6.07 Å². The highest BCUT2D eigenvalue weighted by atomic mass is 19.3. The summed E-state index contributed by atoms with van der Waals surface area (Å²) < 4.78 is 39.7. The van der Waals surface area contributed by atoms with Crippen LogP contribution in [0.3, 0.4) is 0 Å². The summed E-state index contributed by atoms with van der Waals surface area (Å²) in [5.41, 5.74) is 1.09. The first-order valence-corrected chi connectivity index (χ1v) is 7.18. The second kappa shape index (κ2) is 7.82. The third kappa shape index (κ3) is 4.48. The maximum absolute atomic E-state index is 13.3. The standard InChI is InChI=1S/C15H17F3N4O2/c1-10-7-14(19-15(24)21(5-6-23)9-13(17)18)20-22(10)12-4-2-3-11(16)8-12/h2-4,7-8,13,23H,5-6,9H2,1H3,(H,19,20,24). The van der Waals surface area contributed by atoms with Crippen molar-refractivity contribution in [2.24, 2.45) is 0 Å². The molecule has 130 valence electrons. The molecule has 1 aromatic heterocycles. The molecule has 1 aromatic carbocycles. The van der Waals surface area contributed by atoms with Gasteiger partial charge in [0, 0.05) is 18.3 Å². The molecule has 0 bridgehead atoms. The number of aryl methyl sites for hydroxylation is 1. The smallest absolute Gasteiger partial charge is 0.323 e. The van der Waals surface area contributed by atoms with E-state index in [0.717, 1.165) is 4.90 Å². The van der Waals surface area contributed by atoms with E-state index in [1.54, 1.807) is 13.0 Å². The van der Waals surface area contributed by atoms with Gasteiger partial charge in [0.05, 0.1) is 18.8 Å². The van der Waals surface area contributed by atoms with Gasteiger partial charge in [0.1, 0.15) is 5.82 Å². The number of benzene rings is 1. The summed E-state index contributed by atoms with van der Waals surface area (Å²) in [6, 6.07) is 6.47. The van der Waals surface area contributed by atoms with Crippen LogP contribution in [0.2, 0.25) is 0 Å². The number of carbonyl (C=O) groups excluding carboxylic acids is 1. The molecule has 2 N–H and O–H groups in total. The van der Waals surface area contributed by atoms with Gasteiger partial charge in [0.25, 0.3) is 6.43 Å². The minimum absolute atomic E-state index is 0.138. The van der Waals surface area contributed by atoms with Crippen molar-refractivity contribution in [3.63, 3.8) is 0 Å². The molecule has 2 rings (SSSR count). The minimum Gasteiger partial charge on any atom is -0.395 e. The monoisotopic (exact) mass is 342 g/mol. The predicted octanol–water partition coefficient (Wildman–Crippen LogP) is 2.41. The molecule has 0 saturated heterocycles. The van der Waals surface area contributed by atoms with Crippen LogP contribution in [-0.4, -0.2) is 51.9 Å². The third-order valence-electron chi connectivity index (χ3n) is 3.19. The first-order valence-electron chi connectivity index (χ1n) is 7.18. The van der Waals surface area contributed by atoms with Crippen LogP contribution in [0.25, 0.3) is 5.69 Å². The van der Waals surface area contributed by atoms with Gasteiger partial charge in [-0.15, -0.1) is 5.10 Å². The Morgan fingerprint density at radius 1 is 1.42 bits per heavy atom. The number of aliphatic hydroxyl groups is 1. The zero-order chi connectivity index (χ0) is 17.7. The number of amides is 2. The van der Waals surface area contributed by atoms with Gasteiger partial charge in [-0.05, 0) is 25.1 Å². The van der Waals surface area contributed by atoms with Gasteiger partial charge in [-0.3, -0.25) is 5.32 Å². The molecule has 24 heavy (non-hydrogen) atoms. The lowest BCUT2D eigenvalue weighted by Gasteiger charge is -2.20. The van der Waals surface area contributed by atoms with Crippen LogP contribution in [-0.2, 0) is 0 Å². The topological polar surface area (TPSA) is 70.4 Å². The SMILES string of the molecule is Cc1cc(NC(=O)N(CCO)CC(F)F)nn1-c1cccc(F)c1. The summed E-state index contributed by atoms with van der Waals surface area (Å²) in [5, 5.41) is 15.4. The Morgan fingerprint density at radius 3 is 2.79 bits per heavy atom. The van der Waals surface area contributed by atoms with E-state index in [9.17, 15) is 18.0 Å². The summed E-state index contributed by atoms with van der Waals surface area (Å²) in [5.74, 6) is -0.294. The number of urea groups is 1. The summed E-state index contributed by atoms with van der Waals surface area (Å²) in [7, 11) is 0. The fraction of sp³-hybridized carbons (Fsp3) is 0.333. The van der Waals surface area contributed by atoms with Crippen LogP contribution in [0.1, 0.15) is 5.69 Å². The van der Waals surface area contributed by atoms with Gasteiger partial charge in [-0.25, -0.2) is 22.6 Å². The highest BCUT2D eigenvalue weighted by molar-refractivity contribution is 5.88. The molecule has 0 aliphatic rings. The van der Waals surface area contributed by atoms with Crippen LogP contribution in [0.5, 0.6) is 0 Å². The zero-order valence-corrected chi connectivity index (χ0v) is 12.9. The number of carbonyl (C=O) groups is 1. The molecule has 2 aromatic rings. The number of hydrogen-bond donors (Lipinski definition) is 2. The van der Waals surface area contributed by atoms with E-state index in [1.807, 2.05) is 0 Å². The number of nitrogens with one attached hydrogen (secondary N) is 1. The van der Waals surface area contributed by atoms with Gasteiger partial charge in [0.15, 0.2) is 5.82 Å². The summed E-state index contributed by atoms with van der Waals surface area (Å²) in [4.78, 5) is 12.8. The Labute approximate surface area is 136 Å². The number of hydrogen-bond acceptors (Lipinski definition) is 3. The highest BCUT2D eigenvalue weighted by Crippen LogP contribution is 2.16. The largest absolute Gasteiger partial charge is 0.395 e. The van der Waals surface area contributed by atoms with Crippen LogP contribution < -0.4 is 5.32 Å². The average molecular weight is 342 g/mol. The second-order valence-corrected chi connectivity index (χ2v) is 5.05. The fourth-order valence-electron chi connectivity index (χ4n) is 2.16. The van der Waals surface area contributed by atoms with Crippen LogP contribution in [0.15, 0.2) is 30.3 Å². The van der Waals surface area contributed by atoms with Gasteiger partial charge < -0.3 is 10.0 Å². The number of alkyl halides is 2. The molecular weight excluding hydrogens is 325 g/mol. The van der Waals surface area contributed by atoms with E-state index in [-0.39, 0.29) is 12.4 Å². The second-order valence-electron chi connectivity index (χ2n) is 5.05. The minimum atomic E-state index is -2.71. The van der Waals surface area contributed by atoms with E-state index in [0.29, 0.717) is 11.4 Å². The number of aliphatic hydroxyl groups excluding tert-OH is 1. The molecule has 0 spiro atoms. The first kappa shape index (κ1) is 17.8. The van der Waals surface area contributed by atoms with Crippen LogP contribution in [0.4, 0.5) is 23.8 Å². The van der Waals surface area contributed by atoms with Crippen molar-refractivity contribution in [1.82, 2.24) is 14.7 Å². The van der Waals surface area contributed by atoms with Crippen molar-refractivity contribution in [2.75, 3.05) is 25.0 Å². The maximum atomic E-state index is 13.3. The average Bonchev–Trinajstić information content (AvgIpc) is 2.87. The summed E-state index contributed by atoms with van der Waals surface area (Å²) >= 11 is 0. The number of anilines is 1. The lowest BCUT2D eigenvalue weighted by Crippen LogP contribution is -2.40. The fourth-order valence-corrected chi connectivity index (χ4v) is 2.16. The molecule has 0 aliphatic heterocycles. The molecule has 6 nitrogen and oxygen atoms in total. The van der Waals surface area contributed by atoms with Crippen molar-refractivity contribution >= 4 is 11.8 Å². The molecular formula is C15H17F3N4O2. The van der Waals surface area contributed by atoms with Gasteiger partial charge >= 0.3 is 6.03 Å². The molecule has 0 atom stereocenters. The number of aromatic nitrogens is 2. The zero-order valence-electron chi connectivity index (χ0n) is 12.9. The van der Waals surface area contributed by atoms with Crippen LogP contribution in [0, 0.1) is 12.7 Å².